The molecule has 1 amide bonds. The summed E-state index contributed by atoms with van der Waals surface area (Å²) in [7, 11) is 0. The molecule has 1 atom stereocenters. The second kappa shape index (κ2) is 8.40. The summed E-state index contributed by atoms with van der Waals surface area (Å²) in [5, 5.41) is 19.4. The van der Waals surface area contributed by atoms with Crippen molar-refractivity contribution in [1.29, 1.82) is 0 Å². The van der Waals surface area contributed by atoms with Crippen molar-refractivity contribution in [3.63, 3.8) is 0 Å². The highest BCUT2D eigenvalue weighted by Crippen LogP contribution is 2.02. The van der Waals surface area contributed by atoms with Crippen LogP contribution in [-0.4, -0.2) is 40.1 Å². The van der Waals surface area contributed by atoms with E-state index in [-0.39, 0.29) is 6.61 Å². The molecule has 0 bridgehead atoms. The predicted octanol–water partition coefficient (Wildman–Crippen LogP) is 0.800. The number of ether oxygens (including phenoxy) is 1. The van der Waals surface area contributed by atoms with Crippen molar-refractivity contribution in [2.24, 2.45) is 0 Å². The molecule has 0 aliphatic rings. The number of hydrogen-bond acceptors (Lipinski definition) is 5. The van der Waals surface area contributed by atoms with E-state index in [4.69, 9.17) is 14.9 Å². The molecule has 0 fully saturated rings. The molecule has 0 heterocycles. The minimum absolute atomic E-state index is 0.0535. The van der Waals surface area contributed by atoms with Crippen LogP contribution in [0.3, 0.4) is 0 Å². The molecule has 1 aromatic rings. The van der Waals surface area contributed by atoms with E-state index in [0.717, 1.165) is 0 Å². The van der Waals surface area contributed by atoms with Crippen LogP contribution in [-0.2, 0) is 25.7 Å². The van der Waals surface area contributed by atoms with Crippen LogP contribution in [0.25, 0.3) is 0 Å². The van der Waals surface area contributed by atoms with Crippen LogP contribution in [0.15, 0.2) is 30.3 Å². The first-order chi connectivity index (χ1) is 10.4. The zero-order chi connectivity index (χ0) is 16.5. The summed E-state index contributed by atoms with van der Waals surface area (Å²) in [4.78, 5) is 44.1. The van der Waals surface area contributed by atoms with Crippen LogP contribution in [0.4, 0.5) is 4.79 Å². The zero-order valence-electron chi connectivity index (χ0n) is 11.5. The first kappa shape index (κ1) is 17.2. The van der Waals surface area contributed by atoms with Crippen molar-refractivity contribution in [2.45, 2.75) is 25.5 Å². The second-order valence-corrected chi connectivity index (χ2v) is 4.41. The average molecular weight is 309 g/mol. The Morgan fingerprint density at radius 2 is 1.73 bits per heavy atom. The summed E-state index contributed by atoms with van der Waals surface area (Å²) in [6, 6.07) is 7.20. The Bertz CT molecular complexity index is 556. The fourth-order valence-corrected chi connectivity index (χ4v) is 1.58. The second-order valence-electron chi connectivity index (χ2n) is 4.41. The van der Waals surface area contributed by atoms with Crippen molar-refractivity contribution in [3.05, 3.63) is 35.9 Å². The SMILES string of the molecule is O=C(O)CC(=O)C[C@H](NC(=O)OCc1ccccc1)C(=O)O. The number of aliphatic carboxylic acids is 2. The van der Waals surface area contributed by atoms with Gasteiger partial charge in [0.2, 0.25) is 0 Å². The first-order valence-electron chi connectivity index (χ1n) is 6.32. The minimum atomic E-state index is -1.53. The van der Waals surface area contributed by atoms with Gasteiger partial charge in [0.05, 0.1) is 0 Å². The molecule has 0 saturated heterocycles. The lowest BCUT2D eigenvalue weighted by Gasteiger charge is -2.13. The lowest BCUT2D eigenvalue weighted by Crippen LogP contribution is -2.42. The highest BCUT2D eigenvalue weighted by molar-refractivity contribution is 5.97. The van der Waals surface area contributed by atoms with Gasteiger partial charge in [0.1, 0.15) is 24.9 Å². The molecule has 0 aliphatic carbocycles. The molecule has 0 spiro atoms. The minimum Gasteiger partial charge on any atom is -0.481 e. The van der Waals surface area contributed by atoms with Gasteiger partial charge in [0, 0.05) is 6.42 Å². The number of rotatable bonds is 8. The standard InChI is InChI=1S/C14H15NO7/c16-10(7-12(17)18)6-11(13(19)20)15-14(21)22-8-9-4-2-1-3-5-9/h1-5,11H,6-8H2,(H,15,21)(H,17,18)(H,19,20)/t11-/m0/s1. The number of Topliss-reactive ketones (excluding diaryl/α,β-unsaturated/α-hetero) is 1. The molecule has 22 heavy (non-hydrogen) atoms. The molecule has 0 aromatic heterocycles. The number of carbonyl (C=O) groups is 4. The topological polar surface area (TPSA) is 130 Å². The highest BCUT2D eigenvalue weighted by atomic mass is 16.5. The van der Waals surface area contributed by atoms with Gasteiger partial charge in [-0.25, -0.2) is 9.59 Å². The summed E-state index contributed by atoms with van der Waals surface area (Å²) in [5.74, 6) is -3.61. The van der Waals surface area contributed by atoms with Crippen molar-refractivity contribution >= 4 is 23.8 Å². The fraction of sp³-hybridized carbons (Fsp3) is 0.286. The number of amides is 1. The third-order valence-corrected chi connectivity index (χ3v) is 2.58. The number of carboxylic acids is 2. The zero-order valence-corrected chi connectivity index (χ0v) is 11.5. The Morgan fingerprint density at radius 1 is 1.09 bits per heavy atom. The first-order valence-corrected chi connectivity index (χ1v) is 6.32. The number of benzene rings is 1. The summed E-state index contributed by atoms with van der Waals surface area (Å²) in [6.07, 6.45) is -2.42. The summed E-state index contributed by atoms with van der Waals surface area (Å²) in [5.41, 5.74) is 0.714. The van der Waals surface area contributed by atoms with Crippen molar-refractivity contribution in [3.8, 4) is 0 Å². The third-order valence-electron chi connectivity index (χ3n) is 2.58. The summed E-state index contributed by atoms with van der Waals surface area (Å²) >= 11 is 0. The highest BCUT2D eigenvalue weighted by Gasteiger charge is 2.24. The molecule has 8 nitrogen and oxygen atoms in total. The molecule has 1 rings (SSSR count). The number of alkyl carbamates (subject to hydrolysis) is 1. The fourth-order valence-electron chi connectivity index (χ4n) is 1.58. The van der Waals surface area contributed by atoms with Gasteiger partial charge in [-0.1, -0.05) is 30.3 Å². The molecule has 118 valence electrons. The van der Waals surface area contributed by atoms with Gasteiger partial charge in [-0.15, -0.1) is 0 Å². The Kier molecular flexibility index (Phi) is 6.55. The lowest BCUT2D eigenvalue weighted by molar-refractivity contribution is -0.144. The van der Waals surface area contributed by atoms with E-state index in [9.17, 15) is 19.2 Å². The maximum Gasteiger partial charge on any atom is 0.408 e. The van der Waals surface area contributed by atoms with E-state index in [1.54, 1.807) is 30.3 Å². The lowest BCUT2D eigenvalue weighted by atomic mass is 10.1. The monoisotopic (exact) mass is 309 g/mol. The van der Waals surface area contributed by atoms with E-state index >= 15 is 0 Å². The molecule has 3 N–H and O–H groups in total. The van der Waals surface area contributed by atoms with Crippen molar-refractivity contribution in [2.75, 3.05) is 0 Å². The van der Waals surface area contributed by atoms with Crippen LogP contribution in [0.1, 0.15) is 18.4 Å². The van der Waals surface area contributed by atoms with Crippen LogP contribution in [0.5, 0.6) is 0 Å². The number of carboxylic acid groups (broad SMARTS) is 2. The Hall–Kier alpha value is -2.90. The smallest absolute Gasteiger partial charge is 0.408 e. The molecule has 1 aromatic carbocycles. The van der Waals surface area contributed by atoms with E-state index in [2.05, 4.69) is 0 Å². The van der Waals surface area contributed by atoms with Crippen LogP contribution in [0.2, 0.25) is 0 Å². The van der Waals surface area contributed by atoms with Gasteiger partial charge in [0.15, 0.2) is 0 Å². The summed E-state index contributed by atoms with van der Waals surface area (Å²) in [6.45, 7) is -0.0535. The Balaban J connectivity index is 2.48. The molecule has 0 aliphatic heterocycles. The molecule has 8 heteroatoms. The Morgan fingerprint density at radius 3 is 2.27 bits per heavy atom. The van der Waals surface area contributed by atoms with Crippen LogP contribution >= 0.6 is 0 Å². The normalized spacial score (nSPS) is 11.3. The maximum atomic E-state index is 11.5. The van der Waals surface area contributed by atoms with Gasteiger partial charge in [-0.3, -0.25) is 9.59 Å². The largest absolute Gasteiger partial charge is 0.481 e. The quantitative estimate of drug-likeness (QED) is 0.605. The number of carbonyl (C=O) groups excluding carboxylic acids is 2. The third kappa shape index (κ3) is 6.51. The Labute approximate surface area is 125 Å². The number of hydrogen-bond donors (Lipinski definition) is 3. The molecule has 0 radical (unpaired) electrons. The van der Waals surface area contributed by atoms with Gasteiger partial charge in [0.25, 0.3) is 0 Å². The van der Waals surface area contributed by atoms with E-state index in [1.807, 2.05) is 5.32 Å². The molecule has 0 saturated carbocycles. The van der Waals surface area contributed by atoms with Crippen molar-refractivity contribution in [1.82, 2.24) is 5.32 Å². The van der Waals surface area contributed by atoms with Crippen molar-refractivity contribution < 1.29 is 34.1 Å². The summed E-state index contributed by atoms with van der Waals surface area (Å²) < 4.78 is 4.83. The maximum absolute atomic E-state index is 11.5. The van der Waals surface area contributed by atoms with Gasteiger partial charge >= 0.3 is 18.0 Å². The van der Waals surface area contributed by atoms with Crippen LogP contribution in [0, 0.1) is 0 Å². The van der Waals surface area contributed by atoms with E-state index in [0.29, 0.717) is 5.56 Å². The van der Waals surface area contributed by atoms with Gasteiger partial charge in [-0.05, 0) is 5.56 Å². The van der Waals surface area contributed by atoms with Crippen LogP contribution < -0.4 is 5.32 Å². The molecular formula is C14H15NO7. The number of ketones is 1. The van der Waals surface area contributed by atoms with E-state index in [1.165, 1.54) is 0 Å². The van der Waals surface area contributed by atoms with Gasteiger partial charge in [-0.2, -0.15) is 0 Å². The molecule has 0 unspecified atom stereocenters. The predicted molar refractivity (Wildman–Crippen MR) is 73.1 cm³/mol. The van der Waals surface area contributed by atoms with Gasteiger partial charge < -0.3 is 20.3 Å². The average Bonchev–Trinajstić information content (AvgIpc) is 2.44. The number of nitrogens with one attached hydrogen (secondary N) is 1. The van der Waals surface area contributed by atoms with E-state index < -0.39 is 42.7 Å². The molecular weight excluding hydrogens is 294 g/mol.